The third-order valence-electron chi connectivity index (χ3n) is 7.89. The van der Waals surface area contributed by atoms with Crippen LogP contribution in [0.4, 0.5) is 4.79 Å². The Morgan fingerprint density at radius 2 is 1.74 bits per heavy atom. The normalized spacial score (nSPS) is 16.7. The smallest absolute Gasteiger partial charge is 0.410 e. The number of fused-ring (bicyclic) bond motifs is 1. The van der Waals surface area contributed by atoms with Crippen LogP contribution in [0, 0.1) is 0 Å². The van der Waals surface area contributed by atoms with Crippen LogP contribution in [-0.4, -0.2) is 70.4 Å². The highest BCUT2D eigenvalue weighted by Gasteiger charge is 2.39. The molecule has 0 aromatic heterocycles. The molecule has 0 bridgehead atoms. The van der Waals surface area contributed by atoms with Gasteiger partial charge in [-0.3, -0.25) is 9.59 Å². The van der Waals surface area contributed by atoms with Gasteiger partial charge in [0.15, 0.2) is 0 Å². The zero-order chi connectivity index (χ0) is 31.1. The Morgan fingerprint density at radius 3 is 2.40 bits per heavy atom. The first kappa shape index (κ1) is 32.1. The molecule has 1 N–H and O–H groups in total. The van der Waals surface area contributed by atoms with Gasteiger partial charge in [-0.2, -0.15) is 0 Å². The molecule has 9 nitrogen and oxygen atoms in total. The predicted molar refractivity (Wildman–Crippen MR) is 166 cm³/mol. The van der Waals surface area contributed by atoms with Crippen LogP contribution in [0.2, 0.25) is 0 Å². The zero-order valence-electron chi connectivity index (χ0n) is 26.3. The van der Waals surface area contributed by atoms with E-state index >= 15 is 0 Å². The molecule has 2 aromatic carbocycles. The number of ether oxygens (including phenoxy) is 2. The molecule has 0 radical (unpaired) electrons. The Hall–Kier alpha value is -3.85. The van der Waals surface area contributed by atoms with Crippen LogP contribution >= 0.6 is 0 Å². The fourth-order valence-electron chi connectivity index (χ4n) is 5.48. The van der Waals surface area contributed by atoms with E-state index in [0.717, 1.165) is 42.7 Å². The van der Waals surface area contributed by atoms with Crippen molar-refractivity contribution in [1.29, 1.82) is 0 Å². The number of carbonyl (C=O) groups excluding carboxylic acids is 3. The average Bonchev–Trinajstić information content (AvgIpc) is 3.30. The molecule has 0 saturated carbocycles. The Labute approximate surface area is 255 Å². The molecule has 1 saturated heterocycles. The molecule has 1 unspecified atom stereocenters. The van der Waals surface area contributed by atoms with Gasteiger partial charge in [-0.25, -0.2) is 4.79 Å². The predicted octanol–water partition coefficient (Wildman–Crippen LogP) is 5.48. The second kappa shape index (κ2) is 14.1. The van der Waals surface area contributed by atoms with E-state index in [9.17, 15) is 14.4 Å². The minimum atomic E-state index is -0.563. The van der Waals surface area contributed by atoms with Gasteiger partial charge in [0.1, 0.15) is 24.0 Å². The molecule has 1 fully saturated rings. The van der Waals surface area contributed by atoms with E-state index in [-0.39, 0.29) is 17.9 Å². The minimum Gasteiger partial charge on any atom is -0.489 e. The van der Waals surface area contributed by atoms with E-state index in [1.54, 1.807) is 15.9 Å². The fraction of sp³-hybridized carbons (Fsp3) is 0.500. The zero-order valence-corrected chi connectivity index (χ0v) is 26.3. The molecule has 43 heavy (non-hydrogen) atoms. The van der Waals surface area contributed by atoms with Crippen molar-refractivity contribution in [3.05, 3.63) is 77.0 Å². The standard InChI is InChI=1S/C34H46N4O5/c1-7-36(8-2)19-10-20-37(33(41)43-34(4,5)6)21-25-14-16-26(17-15-25)23-42-30-12-9-11-27-28(30)22-38(32(27)40)29-18-13-24(3)35-31(29)39/h9,11-12,14-17,29H,3,7-8,10,13,18-23H2,1-2,4-6H3,(H,35,39). The van der Waals surface area contributed by atoms with Crippen LogP contribution in [0.3, 0.4) is 0 Å². The minimum absolute atomic E-state index is 0.149. The lowest BCUT2D eigenvalue weighted by Crippen LogP contribution is -2.49. The van der Waals surface area contributed by atoms with Crippen molar-refractivity contribution in [3.8, 4) is 5.75 Å². The van der Waals surface area contributed by atoms with Crippen molar-refractivity contribution in [2.45, 2.75) is 85.2 Å². The lowest BCUT2D eigenvalue weighted by molar-refractivity contribution is -0.126. The first-order valence-electron chi connectivity index (χ1n) is 15.3. The third kappa shape index (κ3) is 8.38. The van der Waals surface area contributed by atoms with Crippen LogP contribution in [0.1, 0.15) is 80.9 Å². The number of allylic oxidation sites excluding steroid dienone is 1. The summed E-state index contributed by atoms with van der Waals surface area (Å²) in [4.78, 5) is 44.5. The summed E-state index contributed by atoms with van der Waals surface area (Å²) in [6.07, 6.45) is 1.78. The number of nitrogens with zero attached hydrogens (tertiary/aromatic N) is 3. The second-order valence-corrected chi connectivity index (χ2v) is 12.3. The maximum Gasteiger partial charge on any atom is 0.410 e. The number of rotatable bonds is 12. The van der Waals surface area contributed by atoms with E-state index in [1.807, 2.05) is 57.2 Å². The topological polar surface area (TPSA) is 91.4 Å². The highest BCUT2D eigenvalue weighted by Crippen LogP contribution is 2.34. The number of nitrogens with one attached hydrogen (secondary N) is 1. The molecule has 2 aliphatic heterocycles. The van der Waals surface area contributed by atoms with Crippen molar-refractivity contribution < 1.29 is 23.9 Å². The van der Waals surface area contributed by atoms with Crippen LogP contribution in [0.15, 0.2) is 54.7 Å². The van der Waals surface area contributed by atoms with Gasteiger partial charge in [0, 0.05) is 29.9 Å². The molecule has 2 aliphatic rings. The molecule has 1 atom stereocenters. The van der Waals surface area contributed by atoms with Gasteiger partial charge in [-0.1, -0.05) is 50.8 Å². The first-order valence-corrected chi connectivity index (χ1v) is 15.3. The second-order valence-electron chi connectivity index (χ2n) is 12.3. The molecular weight excluding hydrogens is 544 g/mol. The summed E-state index contributed by atoms with van der Waals surface area (Å²) in [5.74, 6) is 0.306. The van der Waals surface area contributed by atoms with Gasteiger partial charge in [-0.05, 0) is 82.9 Å². The molecule has 0 spiro atoms. The van der Waals surface area contributed by atoms with Crippen LogP contribution in [0.25, 0.3) is 0 Å². The Bertz CT molecular complexity index is 1310. The van der Waals surface area contributed by atoms with Crippen LogP contribution in [0.5, 0.6) is 5.75 Å². The number of benzene rings is 2. The van der Waals surface area contributed by atoms with Crippen molar-refractivity contribution >= 4 is 17.9 Å². The number of hydrogen-bond donors (Lipinski definition) is 1. The quantitative estimate of drug-likeness (QED) is 0.352. The first-order chi connectivity index (χ1) is 20.5. The van der Waals surface area contributed by atoms with Crippen molar-refractivity contribution in [1.82, 2.24) is 20.0 Å². The highest BCUT2D eigenvalue weighted by atomic mass is 16.6. The molecule has 2 heterocycles. The summed E-state index contributed by atoms with van der Waals surface area (Å²) in [7, 11) is 0. The highest BCUT2D eigenvalue weighted by molar-refractivity contribution is 6.02. The largest absolute Gasteiger partial charge is 0.489 e. The Kier molecular flexibility index (Phi) is 10.5. The number of amides is 3. The maximum absolute atomic E-state index is 13.2. The Balaban J connectivity index is 1.38. The maximum atomic E-state index is 13.2. The van der Waals surface area contributed by atoms with E-state index in [2.05, 4.69) is 30.6 Å². The van der Waals surface area contributed by atoms with Crippen molar-refractivity contribution in [2.24, 2.45) is 0 Å². The van der Waals surface area contributed by atoms with E-state index in [0.29, 0.717) is 56.1 Å². The SMILES string of the molecule is C=C1CCC(N2Cc3c(OCc4ccc(CN(CCCN(CC)CC)C(=O)OC(C)(C)C)cc4)cccc3C2=O)C(=O)N1. The van der Waals surface area contributed by atoms with E-state index in [4.69, 9.17) is 9.47 Å². The monoisotopic (exact) mass is 590 g/mol. The summed E-state index contributed by atoms with van der Waals surface area (Å²) in [5.41, 5.74) is 3.48. The van der Waals surface area contributed by atoms with Crippen molar-refractivity contribution in [3.63, 3.8) is 0 Å². The lowest BCUT2D eigenvalue weighted by Gasteiger charge is -2.31. The lowest BCUT2D eigenvalue weighted by atomic mass is 10.0. The fourth-order valence-corrected chi connectivity index (χ4v) is 5.48. The summed E-state index contributed by atoms with van der Waals surface area (Å²) < 4.78 is 11.9. The summed E-state index contributed by atoms with van der Waals surface area (Å²) in [5, 5.41) is 2.78. The molecule has 3 amide bonds. The number of carbonyl (C=O) groups is 3. The molecule has 2 aromatic rings. The number of piperidine rings is 1. The van der Waals surface area contributed by atoms with Crippen LogP contribution < -0.4 is 10.1 Å². The van der Waals surface area contributed by atoms with Crippen LogP contribution in [-0.2, 0) is 29.2 Å². The van der Waals surface area contributed by atoms with E-state index < -0.39 is 11.6 Å². The van der Waals surface area contributed by atoms with Gasteiger partial charge in [0.25, 0.3) is 5.91 Å². The average molecular weight is 591 g/mol. The van der Waals surface area contributed by atoms with Gasteiger partial charge < -0.3 is 29.5 Å². The van der Waals surface area contributed by atoms with Crippen molar-refractivity contribution in [2.75, 3.05) is 26.2 Å². The van der Waals surface area contributed by atoms with Gasteiger partial charge in [0.2, 0.25) is 5.91 Å². The van der Waals surface area contributed by atoms with Gasteiger partial charge >= 0.3 is 6.09 Å². The Morgan fingerprint density at radius 1 is 1.05 bits per heavy atom. The third-order valence-corrected chi connectivity index (χ3v) is 7.89. The molecule has 4 rings (SSSR count). The van der Waals surface area contributed by atoms with Gasteiger partial charge in [0.05, 0.1) is 6.54 Å². The van der Waals surface area contributed by atoms with E-state index in [1.165, 1.54) is 0 Å². The molecule has 232 valence electrons. The number of hydrogen-bond acceptors (Lipinski definition) is 6. The molecular formula is C34H46N4O5. The summed E-state index contributed by atoms with van der Waals surface area (Å²) >= 11 is 0. The summed E-state index contributed by atoms with van der Waals surface area (Å²) in [6.45, 7) is 18.4. The molecule has 0 aliphatic carbocycles. The van der Waals surface area contributed by atoms with Gasteiger partial charge in [-0.15, -0.1) is 0 Å². The molecule has 9 heteroatoms. The summed E-state index contributed by atoms with van der Waals surface area (Å²) in [6, 6.07) is 13.0.